The van der Waals surface area contributed by atoms with Crippen LogP contribution in [0.25, 0.3) is 0 Å². The van der Waals surface area contributed by atoms with Crippen molar-refractivity contribution in [3.8, 4) is 0 Å². The minimum atomic E-state index is 0.0872. The van der Waals surface area contributed by atoms with Gasteiger partial charge in [-0.3, -0.25) is 4.79 Å². The van der Waals surface area contributed by atoms with Crippen molar-refractivity contribution < 1.29 is 4.79 Å². The van der Waals surface area contributed by atoms with Crippen LogP contribution in [0.1, 0.15) is 19.0 Å². The predicted molar refractivity (Wildman–Crippen MR) is 65.4 cm³/mol. The summed E-state index contributed by atoms with van der Waals surface area (Å²) in [6.45, 7) is 3.92. The van der Waals surface area contributed by atoms with E-state index in [9.17, 15) is 4.79 Å². The molecule has 0 aliphatic heterocycles. The average Bonchev–Trinajstić information content (AvgIpc) is 2.16. The van der Waals surface area contributed by atoms with Gasteiger partial charge in [0.05, 0.1) is 0 Å². The van der Waals surface area contributed by atoms with Crippen molar-refractivity contribution in [3.63, 3.8) is 0 Å². The van der Waals surface area contributed by atoms with Crippen LogP contribution in [0.2, 0.25) is 0 Å². The van der Waals surface area contributed by atoms with Gasteiger partial charge in [-0.05, 0) is 26.0 Å². The molecule has 1 aromatic rings. The molecule has 0 aliphatic carbocycles. The summed E-state index contributed by atoms with van der Waals surface area (Å²) < 4.78 is 0. The fraction of sp³-hybridized carbons (Fsp3) is 0.500. The monoisotopic (exact) mass is 221 g/mol. The maximum Gasteiger partial charge on any atom is 0.224 e. The number of nitrogens with one attached hydrogen (secondary N) is 1. The quantitative estimate of drug-likeness (QED) is 0.841. The van der Waals surface area contributed by atoms with Gasteiger partial charge in [0.1, 0.15) is 5.82 Å². The van der Waals surface area contributed by atoms with Crippen LogP contribution < -0.4 is 5.32 Å². The van der Waals surface area contributed by atoms with Crippen molar-refractivity contribution in [2.45, 2.75) is 26.3 Å². The molecule has 1 rings (SSSR count). The molecular weight excluding hydrogens is 202 g/mol. The lowest BCUT2D eigenvalue weighted by Crippen LogP contribution is -2.28. The Morgan fingerprint density at radius 3 is 2.75 bits per heavy atom. The number of amides is 1. The van der Waals surface area contributed by atoms with Gasteiger partial charge in [-0.25, -0.2) is 4.98 Å². The van der Waals surface area contributed by atoms with Crippen LogP contribution in [-0.2, 0) is 4.79 Å². The zero-order valence-corrected chi connectivity index (χ0v) is 10.3. The zero-order chi connectivity index (χ0) is 12.1. The van der Waals surface area contributed by atoms with Gasteiger partial charge in [0.2, 0.25) is 5.91 Å². The molecule has 16 heavy (non-hydrogen) atoms. The molecule has 1 unspecified atom stereocenters. The Labute approximate surface area is 96.7 Å². The molecule has 0 aliphatic rings. The van der Waals surface area contributed by atoms with Gasteiger partial charge in [0.15, 0.2) is 0 Å². The summed E-state index contributed by atoms with van der Waals surface area (Å²) in [6, 6.07) is 5.89. The summed E-state index contributed by atoms with van der Waals surface area (Å²) in [4.78, 5) is 17.4. The molecule has 1 heterocycles. The first-order chi connectivity index (χ1) is 7.49. The molecule has 1 amide bonds. The molecule has 1 aromatic heterocycles. The predicted octanol–water partition coefficient (Wildman–Crippen LogP) is 1.67. The van der Waals surface area contributed by atoms with E-state index in [1.54, 1.807) is 19.0 Å². The normalized spacial score (nSPS) is 12.0. The van der Waals surface area contributed by atoms with Gasteiger partial charge < -0.3 is 10.2 Å². The van der Waals surface area contributed by atoms with Crippen LogP contribution in [0.4, 0.5) is 5.82 Å². The molecule has 1 atom stereocenters. The molecular formula is C12H19N3O. The maximum atomic E-state index is 11.5. The van der Waals surface area contributed by atoms with Crippen LogP contribution in [0.5, 0.6) is 0 Å². The minimum Gasteiger partial charge on any atom is -0.367 e. The first kappa shape index (κ1) is 12.5. The van der Waals surface area contributed by atoms with E-state index in [2.05, 4.69) is 10.3 Å². The summed E-state index contributed by atoms with van der Waals surface area (Å²) in [5.74, 6) is 0.937. The number of aromatic nitrogens is 1. The second-order valence-electron chi connectivity index (χ2n) is 4.20. The Kier molecular flexibility index (Phi) is 4.28. The standard InChI is InChI=1S/C12H19N3O/c1-9-6-5-7-11(13-9)14-10(2)8-12(16)15(3)4/h5-7,10H,8H2,1-4H3,(H,13,14). The second-order valence-corrected chi connectivity index (χ2v) is 4.20. The largest absolute Gasteiger partial charge is 0.367 e. The van der Waals surface area contributed by atoms with E-state index < -0.39 is 0 Å². The number of carbonyl (C=O) groups excluding carboxylic acids is 1. The Morgan fingerprint density at radius 2 is 2.19 bits per heavy atom. The van der Waals surface area contributed by atoms with Gasteiger partial charge in [0, 0.05) is 32.3 Å². The number of hydrogen-bond acceptors (Lipinski definition) is 3. The molecule has 4 heteroatoms. The van der Waals surface area contributed by atoms with Crippen molar-refractivity contribution in [1.82, 2.24) is 9.88 Å². The first-order valence-corrected chi connectivity index (χ1v) is 5.39. The Balaban J connectivity index is 2.51. The van der Waals surface area contributed by atoms with E-state index in [4.69, 9.17) is 0 Å². The van der Waals surface area contributed by atoms with Crippen LogP contribution in [0.3, 0.4) is 0 Å². The number of rotatable bonds is 4. The van der Waals surface area contributed by atoms with Crippen LogP contribution in [0, 0.1) is 6.92 Å². The molecule has 88 valence electrons. The summed E-state index contributed by atoms with van der Waals surface area (Å²) in [5, 5.41) is 3.21. The molecule has 0 fully saturated rings. The Bertz CT molecular complexity index is 363. The molecule has 0 radical (unpaired) electrons. The third kappa shape index (κ3) is 3.88. The van der Waals surface area contributed by atoms with Gasteiger partial charge in [-0.1, -0.05) is 6.07 Å². The van der Waals surface area contributed by atoms with Crippen LogP contribution >= 0.6 is 0 Å². The van der Waals surface area contributed by atoms with Crippen molar-refractivity contribution in [1.29, 1.82) is 0 Å². The van der Waals surface area contributed by atoms with E-state index in [1.807, 2.05) is 32.0 Å². The van der Waals surface area contributed by atoms with Gasteiger partial charge >= 0.3 is 0 Å². The molecule has 1 N–H and O–H groups in total. The summed E-state index contributed by atoms with van der Waals surface area (Å²) in [5.41, 5.74) is 0.969. The highest BCUT2D eigenvalue weighted by Crippen LogP contribution is 2.07. The number of aryl methyl sites for hydroxylation is 1. The van der Waals surface area contributed by atoms with E-state index >= 15 is 0 Å². The van der Waals surface area contributed by atoms with Gasteiger partial charge in [0.25, 0.3) is 0 Å². The highest BCUT2D eigenvalue weighted by Gasteiger charge is 2.10. The van der Waals surface area contributed by atoms with Crippen molar-refractivity contribution in [2.24, 2.45) is 0 Å². The minimum absolute atomic E-state index is 0.0872. The maximum absolute atomic E-state index is 11.5. The zero-order valence-electron chi connectivity index (χ0n) is 10.3. The number of pyridine rings is 1. The number of carbonyl (C=O) groups is 1. The van der Waals surface area contributed by atoms with Crippen LogP contribution in [-0.4, -0.2) is 35.9 Å². The fourth-order valence-corrected chi connectivity index (χ4v) is 1.37. The van der Waals surface area contributed by atoms with E-state index in [0.29, 0.717) is 6.42 Å². The van der Waals surface area contributed by atoms with E-state index in [1.165, 1.54) is 0 Å². The third-order valence-electron chi connectivity index (χ3n) is 2.26. The topological polar surface area (TPSA) is 45.2 Å². The smallest absolute Gasteiger partial charge is 0.224 e. The SMILES string of the molecule is Cc1cccc(NC(C)CC(=O)N(C)C)n1. The summed E-state index contributed by atoms with van der Waals surface area (Å²) in [6.07, 6.45) is 0.475. The molecule has 0 aromatic carbocycles. The van der Waals surface area contributed by atoms with Crippen molar-refractivity contribution in [3.05, 3.63) is 23.9 Å². The second kappa shape index (κ2) is 5.49. The molecule has 0 saturated heterocycles. The Hall–Kier alpha value is -1.58. The fourth-order valence-electron chi connectivity index (χ4n) is 1.37. The molecule has 0 spiro atoms. The number of hydrogen-bond donors (Lipinski definition) is 1. The molecule has 0 saturated carbocycles. The highest BCUT2D eigenvalue weighted by molar-refractivity contribution is 5.76. The summed E-state index contributed by atoms with van der Waals surface area (Å²) >= 11 is 0. The van der Waals surface area contributed by atoms with E-state index in [0.717, 1.165) is 11.5 Å². The Morgan fingerprint density at radius 1 is 1.50 bits per heavy atom. The van der Waals surface area contributed by atoms with Crippen LogP contribution in [0.15, 0.2) is 18.2 Å². The summed E-state index contributed by atoms with van der Waals surface area (Å²) in [7, 11) is 3.53. The lowest BCUT2D eigenvalue weighted by Gasteiger charge is -2.17. The van der Waals surface area contributed by atoms with Crippen molar-refractivity contribution >= 4 is 11.7 Å². The number of anilines is 1. The highest BCUT2D eigenvalue weighted by atomic mass is 16.2. The average molecular weight is 221 g/mol. The van der Waals surface area contributed by atoms with Gasteiger partial charge in [-0.2, -0.15) is 0 Å². The lowest BCUT2D eigenvalue weighted by atomic mass is 10.2. The first-order valence-electron chi connectivity index (χ1n) is 5.39. The van der Waals surface area contributed by atoms with Crippen molar-refractivity contribution in [2.75, 3.05) is 19.4 Å². The third-order valence-corrected chi connectivity index (χ3v) is 2.26. The van der Waals surface area contributed by atoms with Gasteiger partial charge in [-0.15, -0.1) is 0 Å². The molecule has 0 bridgehead atoms. The number of nitrogens with zero attached hydrogens (tertiary/aromatic N) is 2. The molecule has 4 nitrogen and oxygen atoms in total. The van der Waals surface area contributed by atoms with E-state index in [-0.39, 0.29) is 11.9 Å². The lowest BCUT2D eigenvalue weighted by molar-refractivity contribution is -0.128.